The zero-order valence-corrected chi connectivity index (χ0v) is 11.3. The molecule has 0 bridgehead atoms. The Bertz CT molecular complexity index is 210. The molecule has 98 valence electrons. The van der Waals surface area contributed by atoms with E-state index in [1.165, 1.54) is 77.2 Å². The topological polar surface area (TPSA) is 12.0 Å². The molecule has 0 saturated heterocycles. The van der Waals surface area contributed by atoms with Crippen LogP contribution in [0.1, 0.15) is 70.6 Å². The van der Waals surface area contributed by atoms with Gasteiger partial charge in [-0.1, -0.05) is 32.1 Å². The van der Waals surface area contributed by atoms with Gasteiger partial charge in [0.15, 0.2) is 0 Å². The summed E-state index contributed by atoms with van der Waals surface area (Å²) in [5.74, 6) is 3.28. The highest BCUT2D eigenvalue weighted by atomic mass is 14.9. The highest BCUT2D eigenvalue weighted by Crippen LogP contribution is 2.48. The minimum absolute atomic E-state index is 0.857. The lowest BCUT2D eigenvalue weighted by Gasteiger charge is -2.24. The maximum atomic E-state index is 3.93. The van der Waals surface area contributed by atoms with E-state index < -0.39 is 0 Å². The zero-order valence-electron chi connectivity index (χ0n) is 11.3. The van der Waals surface area contributed by atoms with E-state index in [-0.39, 0.29) is 0 Å². The van der Waals surface area contributed by atoms with E-state index in [1.807, 2.05) is 0 Å². The molecule has 0 aromatic heterocycles. The van der Waals surface area contributed by atoms with Crippen molar-refractivity contribution < 1.29 is 0 Å². The zero-order chi connectivity index (χ0) is 11.5. The van der Waals surface area contributed by atoms with Crippen LogP contribution in [0, 0.1) is 17.8 Å². The van der Waals surface area contributed by atoms with E-state index in [2.05, 4.69) is 5.32 Å². The van der Waals surface area contributed by atoms with Crippen molar-refractivity contribution in [1.29, 1.82) is 0 Å². The largest absolute Gasteiger partial charge is 0.314 e. The van der Waals surface area contributed by atoms with Crippen LogP contribution in [0.5, 0.6) is 0 Å². The Morgan fingerprint density at radius 2 is 1.24 bits per heavy atom. The summed E-state index contributed by atoms with van der Waals surface area (Å²) in [6, 6.07) is 0.857. The van der Waals surface area contributed by atoms with E-state index in [0.717, 1.165) is 23.8 Å². The Kier molecular flexibility index (Phi) is 4.05. The van der Waals surface area contributed by atoms with Crippen molar-refractivity contribution in [3.05, 3.63) is 0 Å². The first-order valence-electron chi connectivity index (χ1n) is 8.17. The van der Waals surface area contributed by atoms with Crippen LogP contribution in [0.2, 0.25) is 0 Å². The van der Waals surface area contributed by atoms with Crippen molar-refractivity contribution in [2.75, 3.05) is 6.54 Å². The van der Waals surface area contributed by atoms with Crippen LogP contribution in [0.3, 0.4) is 0 Å². The molecule has 0 amide bonds. The lowest BCUT2D eigenvalue weighted by Crippen LogP contribution is -2.35. The molecule has 17 heavy (non-hydrogen) atoms. The molecular weight excluding hydrogens is 206 g/mol. The van der Waals surface area contributed by atoms with Gasteiger partial charge in [-0.2, -0.15) is 0 Å². The third kappa shape index (κ3) is 3.71. The van der Waals surface area contributed by atoms with Crippen LogP contribution in [-0.2, 0) is 0 Å². The summed E-state index contributed by atoms with van der Waals surface area (Å²) in [7, 11) is 0. The fourth-order valence-electron chi connectivity index (χ4n) is 3.73. The monoisotopic (exact) mass is 235 g/mol. The minimum Gasteiger partial charge on any atom is -0.314 e. The second-order valence-corrected chi connectivity index (χ2v) is 6.79. The molecule has 3 fully saturated rings. The van der Waals surface area contributed by atoms with Gasteiger partial charge in [0.2, 0.25) is 0 Å². The molecule has 0 spiro atoms. The Balaban J connectivity index is 1.41. The first-order valence-corrected chi connectivity index (χ1v) is 8.17. The quantitative estimate of drug-likeness (QED) is 0.755. The Labute approximate surface area is 107 Å². The lowest BCUT2D eigenvalue weighted by molar-refractivity contribution is 0.323. The number of hydrogen-bond acceptors (Lipinski definition) is 1. The van der Waals surface area contributed by atoms with Gasteiger partial charge in [0.25, 0.3) is 0 Å². The molecule has 3 aliphatic rings. The first kappa shape index (κ1) is 12.0. The van der Waals surface area contributed by atoms with Crippen LogP contribution in [-0.4, -0.2) is 12.6 Å². The SMILES string of the molecule is C1CCCC(NCC(C2CC2)C2CC2)CCC1. The third-order valence-corrected chi connectivity index (χ3v) is 5.20. The Hall–Kier alpha value is -0.0400. The predicted molar refractivity (Wildman–Crippen MR) is 73.0 cm³/mol. The van der Waals surface area contributed by atoms with Crippen LogP contribution in [0.25, 0.3) is 0 Å². The van der Waals surface area contributed by atoms with Gasteiger partial charge in [-0.25, -0.2) is 0 Å². The summed E-state index contributed by atoms with van der Waals surface area (Å²) >= 11 is 0. The van der Waals surface area contributed by atoms with E-state index in [4.69, 9.17) is 0 Å². The lowest BCUT2D eigenvalue weighted by atomic mass is 9.94. The standard InChI is InChI=1S/C16H29N/c1-2-4-6-15(7-5-3-1)17-12-16(13-8-9-13)14-10-11-14/h13-17H,1-12H2. The van der Waals surface area contributed by atoms with Gasteiger partial charge in [-0.15, -0.1) is 0 Å². The molecule has 0 heterocycles. The molecule has 3 aliphatic carbocycles. The highest BCUT2D eigenvalue weighted by molar-refractivity contribution is 4.93. The summed E-state index contributed by atoms with van der Waals surface area (Å²) in [6.07, 6.45) is 16.4. The van der Waals surface area contributed by atoms with Gasteiger partial charge < -0.3 is 5.32 Å². The molecule has 0 aromatic carbocycles. The Morgan fingerprint density at radius 1 is 0.706 bits per heavy atom. The van der Waals surface area contributed by atoms with E-state index in [0.29, 0.717) is 0 Å². The Morgan fingerprint density at radius 3 is 1.76 bits per heavy atom. The number of nitrogens with one attached hydrogen (secondary N) is 1. The van der Waals surface area contributed by atoms with Crippen molar-refractivity contribution in [2.45, 2.75) is 76.7 Å². The number of rotatable bonds is 5. The average molecular weight is 235 g/mol. The highest BCUT2D eigenvalue weighted by Gasteiger charge is 2.41. The molecule has 0 aromatic rings. The van der Waals surface area contributed by atoms with Crippen LogP contribution >= 0.6 is 0 Å². The van der Waals surface area contributed by atoms with E-state index in [1.54, 1.807) is 0 Å². The first-order chi connectivity index (χ1) is 8.43. The van der Waals surface area contributed by atoms with Crippen molar-refractivity contribution in [3.63, 3.8) is 0 Å². The van der Waals surface area contributed by atoms with Crippen molar-refractivity contribution in [1.82, 2.24) is 5.32 Å². The van der Waals surface area contributed by atoms with Gasteiger partial charge in [0.05, 0.1) is 0 Å². The molecule has 1 N–H and O–H groups in total. The summed E-state index contributed by atoms with van der Waals surface area (Å²) in [6.45, 7) is 1.35. The van der Waals surface area contributed by atoms with Crippen LogP contribution < -0.4 is 5.32 Å². The molecule has 0 unspecified atom stereocenters. The average Bonchev–Trinajstić information content (AvgIpc) is 3.14. The second kappa shape index (κ2) is 5.73. The smallest absolute Gasteiger partial charge is 0.00671 e. The second-order valence-electron chi connectivity index (χ2n) is 6.79. The van der Waals surface area contributed by atoms with Crippen LogP contribution in [0.15, 0.2) is 0 Å². The van der Waals surface area contributed by atoms with Gasteiger partial charge in [0.1, 0.15) is 0 Å². The molecule has 3 rings (SSSR count). The molecule has 0 radical (unpaired) electrons. The number of hydrogen-bond donors (Lipinski definition) is 1. The van der Waals surface area contributed by atoms with Crippen molar-refractivity contribution >= 4 is 0 Å². The van der Waals surface area contributed by atoms with Gasteiger partial charge in [-0.05, 0) is 62.8 Å². The fourth-order valence-corrected chi connectivity index (χ4v) is 3.73. The molecule has 0 atom stereocenters. The maximum absolute atomic E-state index is 3.93. The minimum atomic E-state index is 0.857. The molecule has 3 saturated carbocycles. The van der Waals surface area contributed by atoms with Gasteiger partial charge in [-0.3, -0.25) is 0 Å². The van der Waals surface area contributed by atoms with Gasteiger partial charge >= 0.3 is 0 Å². The van der Waals surface area contributed by atoms with E-state index in [9.17, 15) is 0 Å². The summed E-state index contributed by atoms with van der Waals surface area (Å²) in [4.78, 5) is 0. The third-order valence-electron chi connectivity index (χ3n) is 5.20. The van der Waals surface area contributed by atoms with Crippen molar-refractivity contribution in [2.24, 2.45) is 17.8 Å². The predicted octanol–water partition coefficient (Wildman–Crippen LogP) is 4.13. The summed E-state index contributed by atoms with van der Waals surface area (Å²) in [5.41, 5.74) is 0. The van der Waals surface area contributed by atoms with Crippen LogP contribution in [0.4, 0.5) is 0 Å². The molecule has 1 heteroatoms. The molecule has 0 aliphatic heterocycles. The van der Waals surface area contributed by atoms with E-state index >= 15 is 0 Å². The van der Waals surface area contributed by atoms with Crippen molar-refractivity contribution in [3.8, 4) is 0 Å². The molecular formula is C16H29N. The summed E-state index contributed by atoms with van der Waals surface area (Å²) < 4.78 is 0. The normalized spacial score (nSPS) is 28.1. The maximum Gasteiger partial charge on any atom is 0.00671 e. The molecule has 1 nitrogen and oxygen atoms in total. The summed E-state index contributed by atoms with van der Waals surface area (Å²) in [5, 5.41) is 3.93. The van der Waals surface area contributed by atoms with Gasteiger partial charge in [0, 0.05) is 6.04 Å². The fraction of sp³-hybridized carbons (Fsp3) is 1.00.